The van der Waals surface area contributed by atoms with Gasteiger partial charge in [-0.1, -0.05) is 23.7 Å². The van der Waals surface area contributed by atoms with Crippen LogP contribution >= 0.6 is 11.6 Å². The molecule has 0 saturated heterocycles. The molecule has 0 radical (unpaired) electrons. The molecule has 8 heteroatoms. The quantitative estimate of drug-likeness (QED) is 0.276. The molecule has 0 bridgehead atoms. The molecule has 0 atom stereocenters. The van der Waals surface area contributed by atoms with Crippen molar-refractivity contribution in [3.63, 3.8) is 0 Å². The highest BCUT2D eigenvalue weighted by Gasteiger charge is 2.20. The summed E-state index contributed by atoms with van der Waals surface area (Å²) in [6.45, 7) is 1.43. The Hall–Kier alpha value is -3.84. The summed E-state index contributed by atoms with van der Waals surface area (Å²) in [5.41, 5.74) is 2.70. The van der Waals surface area contributed by atoms with Crippen LogP contribution in [0.15, 0.2) is 67.0 Å². The van der Waals surface area contributed by atoms with Gasteiger partial charge in [-0.15, -0.1) is 0 Å². The molecule has 0 saturated carbocycles. The van der Waals surface area contributed by atoms with E-state index in [1.807, 2.05) is 12.1 Å². The van der Waals surface area contributed by atoms with E-state index in [0.29, 0.717) is 33.3 Å². The van der Waals surface area contributed by atoms with Gasteiger partial charge in [0, 0.05) is 29.2 Å². The van der Waals surface area contributed by atoms with Crippen molar-refractivity contribution < 1.29 is 18.3 Å². The molecule has 170 valence electrons. The maximum absolute atomic E-state index is 14.0. The van der Waals surface area contributed by atoms with Gasteiger partial charge in [0.15, 0.2) is 17.2 Å². The fourth-order valence-corrected chi connectivity index (χ4v) is 4.18. The van der Waals surface area contributed by atoms with Gasteiger partial charge in [-0.3, -0.25) is 14.2 Å². The fraction of sp³-hybridized carbons (Fsp3) is 0.115. The number of fused-ring (bicyclic) bond motifs is 2. The number of benzene rings is 2. The van der Waals surface area contributed by atoms with Crippen LogP contribution in [0.3, 0.4) is 0 Å². The van der Waals surface area contributed by atoms with Gasteiger partial charge in [-0.2, -0.15) is 0 Å². The average molecular weight is 478 g/mol. The van der Waals surface area contributed by atoms with E-state index in [9.17, 15) is 13.6 Å². The third-order valence-corrected chi connectivity index (χ3v) is 5.87. The van der Waals surface area contributed by atoms with E-state index in [1.54, 1.807) is 48.0 Å². The third-order valence-electron chi connectivity index (χ3n) is 5.63. The highest BCUT2D eigenvalue weighted by Crippen LogP contribution is 2.26. The maximum atomic E-state index is 14.0. The van der Waals surface area contributed by atoms with Gasteiger partial charge in [-0.25, -0.2) is 13.8 Å². The van der Waals surface area contributed by atoms with Crippen molar-refractivity contribution in [2.24, 2.45) is 0 Å². The van der Waals surface area contributed by atoms with E-state index in [1.165, 1.54) is 18.2 Å². The van der Waals surface area contributed by atoms with E-state index < -0.39 is 11.6 Å². The van der Waals surface area contributed by atoms with Crippen LogP contribution in [0.4, 0.5) is 8.78 Å². The number of halogens is 3. The molecular weight excluding hydrogens is 460 g/mol. The van der Waals surface area contributed by atoms with Crippen molar-refractivity contribution >= 4 is 33.9 Å². The number of ketones is 1. The minimum atomic E-state index is -0.687. The second kappa shape index (κ2) is 8.83. The lowest BCUT2D eigenvalue weighted by Gasteiger charge is -2.10. The number of hydrogen-bond acceptors (Lipinski definition) is 4. The van der Waals surface area contributed by atoms with E-state index in [0.717, 1.165) is 10.9 Å². The molecule has 5 aromatic rings. The standard InChI is InChI=1S/C26H18ClF2N3O2/c1-15-25(23(33)12-16-9-10-30-22-13-17(27)7-8-18(16)22)32-11-3-6-24(26(32)31-15)34-14-19-20(28)4-2-5-21(19)29/h2-11,13H,12,14H2,1H3. The van der Waals surface area contributed by atoms with Crippen LogP contribution in [0.25, 0.3) is 16.6 Å². The maximum Gasteiger partial charge on any atom is 0.185 e. The molecule has 0 aliphatic rings. The largest absolute Gasteiger partial charge is 0.485 e. The van der Waals surface area contributed by atoms with Crippen molar-refractivity contribution in [3.05, 3.63) is 106 Å². The second-order valence-electron chi connectivity index (χ2n) is 7.83. The van der Waals surface area contributed by atoms with Crippen LogP contribution in [0, 0.1) is 18.6 Å². The van der Waals surface area contributed by atoms with E-state index in [4.69, 9.17) is 16.3 Å². The van der Waals surface area contributed by atoms with E-state index in [2.05, 4.69) is 9.97 Å². The Balaban J connectivity index is 1.47. The van der Waals surface area contributed by atoms with Crippen LogP contribution in [0.5, 0.6) is 5.75 Å². The Kier molecular flexibility index (Phi) is 5.71. The third kappa shape index (κ3) is 3.99. The summed E-state index contributed by atoms with van der Waals surface area (Å²) in [6.07, 6.45) is 3.50. The Morgan fingerprint density at radius 2 is 1.88 bits per heavy atom. The van der Waals surface area contributed by atoms with E-state index in [-0.39, 0.29) is 24.4 Å². The number of rotatable bonds is 6. The average Bonchev–Trinajstić information content (AvgIpc) is 3.15. The van der Waals surface area contributed by atoms with Crippen molar-refractivity contribution in [1.82, 2.24) is 14.4 Å². The highest BCUT2D eigenvalue weighted by molar-refractivity contribution is 6.31. The number of aromatic nitrogens is 3. The molecule has 34 heavy (non-hydrogen) atoms. The second-order valence-corrected chi connectivity index (χ2v) is 8.27. The number of imidazole rings is 1. The van der Waals surface area contributed by atoms with Crippen molar-refractivity contribution in [2.45, 2.75) is 20.0 Å². The van der Waals surface area contributed by atoms with Gasteiger partial charge in [0.2, 0.25) is 0 Å². The number of pyridine rings is 2. The Morgan fingerprint density at radius 1 is 1.09 bits per heavy atom. The summed E-state index contributed by atoms with van der Waals surface area (Å²) < 4.78 is 35.3. The normalized spacial score (nSPS) is 11.3. The lowest BCUT2D eigenvalue weighted by molar-refractivity contribution is 0.0987. The van der Waals surface area contributed by atoms with Crippen LogP contribution in [0.1, 0.15) is 27.3 Å². The first-order valence-corrected chi connectivity index (χ1v) is 10.9. The molecule has 5 rings (SSSR count). The molecule has 0 aliphatic heterocycles. The predicted molar refractivity (Wildman–Crippen MR) is 125 cm³/mol. The number of Topliss-reactive ketones (excluding diaryl/α,β-unsaturated/α-hetero) is 1. The molecule has 0 aliphatic carbocycles. The van der Waals surface area contributed by atoms with Gasteiger partial charge >= 0.3 is 0 Å². The highest BCUT2D eigenvalue weighted by atomic mass is 35.5. The summed E-state index contributed by atoms with van der Waals surface area (Å²) in [5.74, 6) is -1.19. The van der Waals surface area contributed by atoms with Crippen LogP contribution < -0.4 is 4.74 Å². The van der Waals surface area contributed by atoms with Crippen molar-refractivity contribution in [3.8, 4) is 5.75 Å². The molecule has 2 aromatic carbocycles. The fourth-order valence-electron chi connectivity index (χ4n) is 4.02. The number of nitrogens with zero attached hydrogens (tertiary/aromatic N) is 3. The molecule has 0 N–H and O–H groups in total. The first-order chi connectivity index (χ1) is 16.4. The molecule has 0 fully saturated rings. The Morgan fingerprint density at radius 3 is 2.68 bits per heavy atom. The van der Waals surface area contributed by atoms with Crippen molar-refractivity contribution in [1.29, 1.82) is 0 Å². The van der Waals surface area contributed by atoms with Crippen LogP contribution in [0.2, 0.25) is 5.02 Å². The zero-order valence-electron chi connectivity index (χ0n) is 18.1. The summed E-state index contributed by atoms with van der Waals surface area (Å²) in [5, 5.41) is 1.42. The van der Waals surface area contributed by atoms with Gasteiger partial charge in [0.1, 0.15) is 23.9 Å². The summed E-state index contributed by atoms with van der Waals surface area (Å²) in [6, 6.07) is 14.2. The van der Waals surface area contributed by atoms with Crippen LogP contribution in [-0.4, -0.2) is 20.2 Å². The molecule has 5 nitrogen and oxygen atoms in total. The molecule has 0 amide bonds. The zero-order valence-corrected chi connectivity index (χ0v) is 18.8. The molecule has 0 spiro atoms. The zero-order chi connectivity index (χ0) is 23.8. The SMILES string of the molecule is Cc1nc2c(OCc3c(F)cccc3F)cccn2c1C(=O)Cc1ccnc2cc(Cl)ccc12. The summed E-state index contributed by atoms with van der Waals surface area (Å²) in [7, 11) is 0. The van der Waals surface area contributed by atoms with Gasteiger partial charge < -0.3 is 4.74 Å². The lowest BCUT2D eigenvalue weighted by Crippen LogP contribution is -2.09. The summed E-state index contributed by atoms with van der Waals surface area (Å²) in [4.78, 5) is 22.2. The smallest absolute Gasteiger partial charge is 0.185 e. The number of hydrogen-bond donors (Lipinski definition) is 0. The van der Waals surface area contributed by atoms with Gasteiger partial charge in [0.25, 0.3) is 0 Å². The van der Waals surface area contributed by atoms with Gasteiger partial charge in [0.05, 0.1) is 16.8 Å². The first-order valence-electron chi connectivity index (χ1n) is 10.5. The lowest BCUT2D eigenvalue weighted by atomic mass is 10.0. The molecular formula is C26H18ClF2N3O2. The predicted octanol–water partition coefficient (Wildman–Crippen LogP) is 6.13. The Bertz CT molecular complexity index is 1550. The van der Waals surface area contributed by atoms with E-state index >= 15 is 0 Å². The van der Waals surface area contributed by atoms with Gasteiger partial charge in [-0.05, 0) is 55.0 Å². The molecule has 0 unspecified atom stereocenters. The Labute approximate surface area is 198 Å². The number of ether oxygens (including phenoxy) is 1. The monoisotopic (exact) mass is 477 g/mol. The minimum Gasteiger partial charge on any atom is -0.485 e. The number of aryl methyl sites for hydroxylation is 1. The first kappa shape index (κ1) is 22.0. The molecule has 3 heterocycles. The number of carbonyl (C=O) groups is 1. The summed E-state index contributed by atoms with van der Waals surface area (Å²) >= 11 is 6.07. The number of carbonyl (C=O) groups excluding carboxylic acids is 1. The van der Waals surface area contributed by atoms with Crippen molar-refractivity contribution in [2.75, 3.05) is 0 Å². The minimum absolute atomic E-state index is 0.134. The van der Waals surface area contributed by atoms with Crippen LogP contribution in [-0.2, 0) is 13.0 Å². The molecule has 3 aromatic heterocycles. The topological polar surface area (TPSA) is 56.5 Å².